The van der Waals surface area contributed by atoms with Crippen molar-refractivity contribution in [1.82, 2.24) is 9.62 Å². The van der Waals surface area contributed by atoms with Crippen LogP contribution in [-0.4, -0.2) is 48.8 Å². The molecule has 0 saturated heterocycles. The van der Waals surface area contributed by atoms with Gasteiger partial charge in [-0.05, 0) is 18.6 Å². The second kappa shape index (κ2) is 8.49. The van der Waals surface area contributed by atoms with Gasteiger partial charge in [-0.3, -0.25) is 9.59 Å². The normalized spacial score (nSPS) is 13.5. The number of rotatable bonds is 8. The molecule has 0 spiro atoms. The number of alkyl halides is 3. The molecular formula is C15H19F3N2O5S. The molecule has 0 aliphatic heterocycles. The third kappa shape index (κ3) is 5.99. The highest BCUT2D eigenvalue weighted by molar-refractivity contribution is 7.88. The molecule has 26 heavy (non-hydrogen) atoms. The Bertz CT molecular complexity index is 765. The van der Waals surface area contributed by atoms with Crippen LogP contribution in [0.25, 0.3) is 0 Å². The maximum atomic E-state index is 13.1. The molecule has 146 valence electrons. The minimum absolute atomic E-state index is 0.174. The Balaban J connectivity index is 3.17. The minimum atomic E-state index is -4.74. The second-order valence-electron chi connectivity index (χ2n) is 5.52. The summed E-state index contributed by atoms with van der Waals surface area (Å²) in [5.41, 5.74) is -1.59. The van der Waals surface area contributed by atoms with Gasteiger partial charge in [-0.1, -0.05) is 18.2 Å². The smallest absolute Gasteiger partial charge is 0.416 e. The Kier molecular flexibility index (Phi) is 7.16. The SMILES string of the molecule is CC(=O)NCCN(C(C)C(=O)O)S(=O)(=O)Cc1ccccc1C(F)(F)F. The number of hydrogen-bond donors (Lipinski definition) is 2. The third-order valence-electron chi connectivity index (χ3n) is 3.51. The highest BCUT2D eigenvalue weighted by Crippen LogP contribution is 2.33. The van der Waals surface area contributed by atoms with E-state index in [2.05, 4.69) is 5.32 Å². The van der Waals surface area contributed by atoms with Gasteiger partial charge in [-0.2, -0.15) is 17.5 Å². The summed E-state index contributed by atoms with van der Waals surface area (Å²) in [5, 5.41) is 11.4. The fourth-order valence-corrected chi connectivity index (χ4v) is 3.99. The van der Waals surface area contributed by atoms with E-state index in [1.54, 1.807) is 0 Å². The van der Waals surface area contributed by atoms with Crippen molar-refractivity contribution in [3.05, 3.63) is 35.4 Å². The zero-order valence-electron chi connectivity index (χ0n) is 14.1. The summed E-state index contributed by atoms with van der Waals surface area (Å²) in [6, 6.07) is 2.67. The molecule has 1 rings (SSSR count). The number of carboxylic acids is 1. The van der Waals surface area contributed by atoms with E-state index in [4.69, 9.17) is 5.11 Å². The van der Waals surface area contributed by atoms with Crippen LogP contribution in [0.4, 0.5) is 13.2 Å². The van der Waals surface area contributed by atoms with E-state index >= 15 is 0 Å². The van der Waals surface area contributed by atoms with Crippen molar-refractivity contribution in [2.45, 2.75) is 31.8 Å². The molecule has 1 atom stereocenters. The molecule has 1 aromatic carbocycles. The number of carboxylic acid groups (broad SMARTS) is 1. The van der Waals surface area contributed by atoms with E-state index in [0.717, 1.165) is 25.1 Å². The van der Waals surface area contributed by atoms with Crippen LogP contribution in [0.5, 0.6) is 0 Å². The Labute approximate surface area is 148 Å². The van der Waals surface area contributed by atoms with Gasteiger partial charge >= 0.3 is 12.1 Å². The van der Waals surface area contributed by atoms with Crippen molar-refractivity contribution in [3.8, 4) is 0 Å². The first kappa shape index (κ1) is 21.9. The van der Waals surface area contributed by atoms with E-state index < -0.39 is 51.0 Å². The van der Waals surface area contributed by atoms with E-state index in [0.29, 0.717) is 4.31 Å². The molecule has 0 heterocycles. The highest BCUT2D eigenvalue weighted by Gasteiger charge is 2.36. The molecule has 1 unspecified atom stereocenters. The summed E-state index contributed by atoms with van der Waals surface area (Å²) in [5.74, 6) is -2.92. The Morgan fingerprint density at radius 1 is 1.27 bits per heavy atom. The number of halogens is 3. The van der Waals surface area contributed by atoms with Crippen LogP contribution in [-0.2, 0) is 31.5 Å². The Hall–Kier alpha value is -2.14. The van der Waals surface area contributed by atoms with Gasteiger partial charge in [0.2, 0.25) is 15.9 Å². The fraction of sp³-hybridized carbons (Fsp3) is 0.467. The molecule has 11 heteroatoms. The van der Waals surface area contributed by atoms with Gasteiger partial charge in [0.25, 0.3) is 0 Å². The van der Waals surface area contributed by atoms with E-state index in [1.807, 2.05) is 0 Å². The quantitative estimate of drug-likeness (QED) is 0.692. The van der Waals surface area contributed by atoms with Crippen molar-refractivity contribution in [2.24, 2.45) is 0 Å². The van der Waals surface area contributed by atoms with Gasteiger partial charge in [-0.25, -0.2) is 8.42 Å². The van der Waals surface area contributed by atoms with Gasteiger partial charge in [-0.15, -0.1) is 0 Å². The lowest BCUT2D eigenvalue weighted by atomic mass is 10.1. The lowest BCUT2D eigenvalue weighted by Gasteiger charge is -2.26. The zero-order valence-corrected chi connectivity index (χ0v) is 14.9. The number of carbonyl (C=O) groups excluding carboxylic acids is 1. The summed E-state index contributed by atoms with van der Waals surface area (Å²) < 4.78 is 64.9. The highest BCUT2D eigenvalue weighted by atomic mass is 32.2. The zero-order chi connectivity index (χ0) is 20.1. The third-order valence-corrected chi connectivity index (χ3v) is 5.40. The lowest BCUT2D eigenvalue weighted by Crippen LogP contribution is -2.47. The minimum Gasteiger partial charge on any atom is -0.480 e. The van der Waals surface area contributed by atoms with Crippen LogP contribution in [0.3, 0.4) is 0 Å². The fourth-order valence-electron chi connectivity index (χ4n) is 2.24. The molecule has 0 radical (unpaired) electrons. The Morgan fingerprint density at radius 3 is 2.35 bits per heavy atom. The summed E-state index contributed by atoms with van der Waals surface area (Å²) >= 11 is 0. The molecule has 0 fully saturated rings. The van der Waals surface area contributed by atoms with E-state index in [-0.39, 0.29) is 13.1 Å². The molecule has 2 N–H and O–H groups in total. The van der Waals surface area contributed by atoms with Gasteiger partial charge in [0, 0.05) is 20.0 Å². The number of carbonyl (C=O) groups is 2. The molecule has 1 amide bonds. The van der Waals surface area contributed by atoms with E-state index in [1.165, 1.54) is 13.0 Å². The Morgan fingerprint density at radius 2 is 1.85 bits per heavy atom. The van der Waals surface area contributed by atoms with Crippen LogP contribution in [0.1, 0.15) is 25.0 Å². The average molecular weight is 396 g/mol. The lowest BCUT2D eigenvalue weighted by molar-refractivity contribution is -0.141. The van der Waals surface area contributed by atoms with Crippen molar-refractivity contribution in [3.63, 3.8) is 0 Å². The van der Waals surface area contributed by atoms with Crippen LogP contribution < -0.4 is 5.32 Å². The van der Waals surface area contributed by atoms with Crippen LogP contribution in [0.2, 0.25) is 0 Å². The topological polar surface area (TPSA) is 104 Å². The molecule has 0 bridgehead atoms. The summed E-state index contributed by atoms with van der Waals surface area (Å²) in [6.07, 6.45) is -4.74. The number of amides is 1. The molecule has 1 aromatic rings. The number of nitrogens with one attached hydrogen (secondary N) is 1. The summed E-state index contributed by atoms with van der Waals surface area (Å²) in [4.78, 5) is 22.1. The molecule has 7 nitrogen and oxygen atoms in total. The standard InChI is InChI=1S/C15H19F3N2O5S/c1-10(14(22)23)20(8-7-19-11(2)21)26(24,25)9-12-5-3-4-6-13(12)15(16,17)18/h3-6,10H,7-9H2,1-2H3,(H,19,21)(H,22,23). The number of aliphatic carboxylic acids is 1. The van der Waals surface area contributed by atoms with Gasteiger partial charge in [0.05, 0.1) is 11.3 Å². The number of sulfonamides is 1. The largest absolute Gasteiger partial charge is 0.480 e. The first-order valence-corrected chi connectivity index (χ1v) is 9.09. The number of benzene rings is 1. The van der Waals surface area contributed by atoms with Crippen molar-refractivity contribution >= 4 is 21.9 Å². The summed E-state index contributed by atoms with van der Waals surface area (Å²) in [7, 11) is -4.40. The molecule has 0 aromatic heterocycles. The van der Waals surface area contributed by atoms with Gasteiger partial charge in [0.15, 0.2) is 0 Å². The predicted molar refractivity (Wildman–Crippen MR) is 86.6 cm³/mol. The maximum Gasteiger partial charge on any atom is 0.416 e. The van der Waals surface area contributed by atoms with Gasteiger partial charge in [0.1, 0.15) is 6.04 Å². The van der Waals surface area contributed by atoms with Crippen molar-refractivity contribution < 1.29 is 36.3 Å². The predicted octanol–water partition coefficient (Wildman–Crippen LogP) is 1.45. The van der Waals surface area contributed by atoms with Crippen LogP contribution in [0, 0.1) is 0 Å². The molecule has 0 aliphatic rings. The summed E-state index contributed by atoms with van der Waals surface area (Å²) in [6.45, 7) is 1.74. The van der Waals surface area contributed by atoms with Crippen molar-refractivity contribution in [1.29, 1.82) is 0 Å². The van der Waals surface area contributed by atoms with E-state index in [9.17, 15) is 31.2 Å². The monoisotopic (exact) mass is 396 g/mol. The first-order valence-electron chi connectivity index (χ1n) is 7.48. The van der Waals surface area contributed by atoms with Crippen LogP contribution in [0.15, 0.2) is 24.3 Å². The van der Waals surface area contributed by atoms with Gasteiger partial charge < -0.3 is 10.4 Å². The maximum absolute atomic E-state index is 13.1. The van der Waals surface area contributed by atoms with Crippen LogP contribution >= 0.6 is 0 Å². The molecular weight excluding hydrogens is 377 g/mol. The number of hydrogen-bond acceptors (Lipinski definition) is 4. The number of nitrogens with zero attached hydrogens (tertiary/aromatic N) is 1. The first-order chi connectivity index (χ1) is 11.9. The van der Waals surface area contributed by atoms with Crippen molar-refractivity contribution in [2.75, 3.05) is 13.1 Å². The molecule has 0 aliphatic carbocycles. The second-order valence-corrected chi connectivity index (χ2v) is 7.44. The average Bonchev–Trinajstić information content (AvgIpc) is 2.49. The molecule has 0 saturated carbocycles.